The molecule has 1 N–H and O–H groups in total. The second-order valence-corrected chi connectivity index (χ2v) is 8.07. The molecule has 1 aliphatic heterocycles. The first-order chi connectivity index (χ1) is 14.4. The number of aryl methyl sites for hydroxylation is 1. The van der Waals surface area contributed by atoms with Crippen LogP contribution in [0.25, 0.3) is 0 Å². The number of ether oxygens (including phenoxy) is 1. The summed E-state index contributed by atoms with van der Waals surface area (Å²) in [5.74, 6) is -0.0531. The molecule has 1 atom stereocenters. The average Bonchev–Trinajstić information content (AvgIpc) is 3.09. The van der Waals surface area contributed by atoms with Gasteiger partial charge in [-0.1, -0.05) is 37.3 Å². The number of nitrogens with one attached hydrogen (secondary N) is 1. The number of hydrogen-bond donors (Lipinski definition) is 1. The number of Topliss-reactive ketones (excluding diaryl/α,β-unsaturated/α-hetero) is 1. The summed E-state index contributed by atoms with van der Waals surface area (Å²) in [6, 6.07) is 10.1. The maximum absolute atomic E-state index is 13.7. The van der Waals surface area contributed by atoms with Crippen molar-refractivity contribution in [2.24, 2.45) is 0 Å². The Balaban J connectivity index is 1.91. The van der Waals surface area contributed by atoms with Gasteiger partial charge in [0.25, 0.3) is 5.91 Å². The van der Waals surface area contributed by atoms with Crippen molar-refractivity contribution in [2.75, 3.05) is 32.8 Å². The molecule has 6 heteroatoms. The lowest BCUT2D eigenvalue weighted by atomic mass is 10.0. The largest absolute Gasteiger partial charge is 0.379 e. The highest BCUT2D eigenvalue weighted by Crippen LogP contribution is 2.23. The van der Waals surface area contributed by atoms with Gasteiger partial charge in [0, 0.05) is 43.5 Å². The minimum atomic E-state index is -0.0490. The third kappa shape index (κ3) is 4.99. The number of amides is 1. The normalized spacial score (nSPS) is 15.7. The first-order valence-electron chi connectivity index (χ1n) is 10.8. The van der Waals surface area contributed by atoms with Gasteiger partial charge < -0.3 is 14.6 Å². The molecule has 0 saturated carbocycles. The standard InChI is InChI=1S/C24H33N3O3/c1-5-21-22(19(4)28)18(3)25-23(21)24(29)27(16-20-9-7-6-8-10-20)17(2)15-26-11-13-30-14-12-26/h6-10,17,25H,5,11-16H2,1-4H3/t17-/m0/s1. The van der Waals surface area contributed by atoms with Crippen LogP contribution >= 0.6 is 0 Å². The molecular formula is C24H33N3O3. The van der Waals surface area contributed by atoms with Crippen LogP contribution in [-0.2, 0) is 17.7 Å². The van der Waals surface area contributed by atoms with Crippen molar-refractivity contribution in [3.63, 3.8) is 0 Å². The van der Waals surface area contributed by atoms with E-state index in [1.165, 1.54) is 0 Å². The number of benzene rings is 1. The van der Waals surface area contributed by atoms with Gasteiger partial charge in [-0.15, -0.1) is 0 Å². The SMILES string of the molecule is CCc1c(C(=O)N(Cc2ccccc2)[C@@H](C)CN2CCOCC2)[nH]c(C)c1C(C)=O. The quantitative estimate of drug-likeness (QED) is 0.676. The Bertz CT molecular complexity index is 869. The van der Waals surface area contributed by atoms with E-state index < -0.39 is 0 Å². The number of carbonyl (C=O) groups excluding carboxylic acids is 2. The summed E-state index contributed by atoms with van der Waals surface area (Å²) in [5.41, 5.74) is 3.88. The van der Waals surface area contributed by atoms with Crippen molar-refractivity contribution < 1.29 is 14.3 Å². The van der Waals surface area contributed by atoms with E-state index in [0.29, 0.717) is 24.2 Å². The van der Waals surface area contributed by atoms with Crippen molar-refractivity contribution >= 4 is 11.7 Å². The number of hydrogen-bond acceptors (Lipinski definition) is 4. The summed E-state index contributed by atoms with van der Waals surface area (Å²) in [5, 5.41) is 0. The van der Waals surface area contributed by atoms with E-state index in [2.05, 4.69) is 16.8 Å². The predicted molar refractivity (Wildman–Crippen MR) is 118 cm³/mol. The van der Waals surface area contributed by atoms with E-state index in [4.69, 9.17) is 4.74 Å². The second-order valence-electron chi connectivity index (χ2n) is 8.07. The molecule has 1 aromatic heterocycles. The molecule has 162 valence electrons. The molecule has 0 spiro atoms. The Kier molecular flexibility index (Phi) is 7.45. The number of morpholine rings is 1. The zero-order chi connectivity index (χ0) is 21.7. The molecule has 1 aromatic carbocycles. The van der Waals surface area contributed by atoms with Crippen LogP contribution in [0.1, 0.15) is 58.4 Å². The number of aromatic amines is 1. The van der Waals surface area contributed by atoms with Crippen LogP contribution in [0, 0.1) is 6.92 Å². The molecule has 3 rings (SSSR count). The molecule has 30 heavy (non-hydrogen) atoms. The minimum absolute atomic E-state index is 0.00405. The Hall–Kier alpha value is -2.44. The van der Waals surface area contributed by atoms with Gasteiger partial charge >= 0.3 is 0 Å². The van der Waals surface area contributed by atoms with E-state index in [0.717, 1.165) is 49.7 Å². The number of ketones is 1. The fraction of sp³-hybridized carbons (Fsp3) is 0.500. The lowest BCUT2D eigenvalue weighted by molar-refractivity contribution is 0.0227. The summed E-state index contributed by atoms with van der Waals surface area (Å²) in [6.07, 6.45) is 0.636. The monoisotopic (exact) mass is 411 g/mol. The van der Waals surface area contributed by atoms with Crippen LogP contribution in [0.2, 0.25) is 0 Å². The van der Waals surface area contributed by atoms with Crippen molar-refractivity contribution in [3.8, 4) is 0 Å². The molecule has 0 aliphatic carbocycles. The number of rotatable bonds is 8. The highest BCUT2D eigenvalue weighted by molar-refractivity contribution is 6.02. The van der Waals surface area contributed by atoms with Crippen LogP contribution in [0.4, 0.5) is 0 Å². The van der Waals surface area contributed by atoms with Crippen molar-refractivity contribution in [3.05, 3.63) is 58.4 Å². The molecule has 0 unspecified atom stereocenters. The fourth-order valence-electron chi connectivity index (χ4n) is 4.30. The lowest BCUT2D eigenvalue weighted by Gasteiger charge is -2.35. The summed E-state index contributed by atoms with van der Waals surface area (Å²) in [6.45, 7) is 12.1. The first kappa shape index (κ1) is 22.2. The predicted octanol–water partition coefficient (Wildman–Crippen LogP) is 3.45. The van der Waals surface area contributed by atoms with Crippen LogP contribution in [0.5, 0.6) is 0 Å². The maximum atomic E-state index is 13.7. The summed E-state index contributed by atoms with van der Waals surface area (Å²) < 4.78 is 5.46. The highest BCUT2D eigenvalue weighted by Gasteiger charge is 2.29. The van der Waals surface area contributed by atoms with Crippen LogP contribution in [0.3, 0.4) is 0 Å². The molecule has 2 heterocycles. The van der Waals surface area contributed by atoms with E-state index in [1.54, 1.807) is 6.92 Å². The molecule has 0 bridgehead atoms. The lowest BCUT2D eigenvalue weighted by Crippen LogP contribution is -2.48. The van der Waals surface area contributed by atoms with Crippen LogP contribution < -0.4 is 0 Å². The van der Waals surface area contributed by atoms with Gasteiger partial charge in [-0.05, 0) is 38.3 Å². The molecule has 6 nitrogen and oxygen atoms in total. The van der Waals surface area contributed by atoms with Crippen molar-refractivity contribution in [2.45, 2.75) is 46.7 Å². The number of aromatic nitrogens is 1. The Labute approximate surface area is 179 Å². The summed E-state index contributed by atoms with van der Waals surface area (Å²) in [4.78, 5) is 33.4. The van der Waals surface area contributed by atoms with E-state index in [9.17, 15) is 9.59 Å². The highest BCUT2D eigenvalue weighted by atomic mass is 16.5. The third-order valence-corrected chi connectivity index (χ3v) is 5.83. The summed E-state index contributed by atoms with van der Waals surface area (Å²) in [7, 11) is 0. The zero-order valence-electron chi connectivity index (χ0n) is 18.5. The molecule has 0 radical (unpaired) electrons. The van der Waals surface area contributed by atoms with E-state index in [-0.39, 0.29) is 17.7 Å². The Morgan fingerprint density at radius 2 is 1.87 bits per heavy atom. The second kappa shape index (κ2) is 10.0. The smallest absolute Gasteiger partial charge is 0.271 e. The Morgan fingerprint density at radius 3 is 2.47 bits per heavy atom. The van der Waals surface area contributed by atoms with Crippen molar-refractivity contribution in [1.29, 1.82) is 0 Å². The molecule has 1 fully saturated rings. The van der Waals surface area contributed by atoms with Crippen LogP contribution in [0.15, 0.2) is 30.3 Å². The molecule has 2 aromatic rings. The maximum Gasteiger partial charge on any atom is 0.271 e. The van der Waals surface area contributed by atoms with Gasteiger partial charge in [-0.2, -0.15) is 0 Å². The molecule has 1 saturated heterocycles. The van der Waals surface area contributed by atoms with Crippen molar-refractivity contribution in [1.82, 2.24) is 14.8 Å². The first-order valence-corrected chi connectivity index (χ1v) is 10.8. The molecule has 1 amide bonds. The molecule has 1 aliphatic rings. The van der Waals surface area contributed by atoms with E-state index in [1.807, 2.05) is 49.1 Å². The number of nitrogens with zero attached hydrogens (tertiary/aromatic N) is 2. The van der Waals surface area contributed by atoms with Gasteiger partial charge in [0.05, 0.1) is 13.2 Å². The van der Waals surface area contributed by atoms with Gasteiger partial charge in [0.2, 0.25) is 0 Å². The van der Waals surface area contributed by atoms with Gasteiger partial charge in [-0.25, -0.2) is 0 Å². The fourth-order valence-corrected chi connectivity index (χ4v) is 4.30. The third-order valence-electron chi connectivity index (χ3n) is 5.83. The zero-order valence-corrected chi connectivity index (χ0v) is 18.5. The number of carbonyl (C=O) groups is 2. The minimum Gasteiger partial charge on any atom is -0.379 e. The van der Waals surface area contributed by atoms with Gasteiger partial charge in [0.15, 0.2) is 5.78 Å². The van der Waals surface area contributed by atoms with Gasteiger partial charge in [-0.3, -0.25) is 14.5 Å². The number of H-pyrrole nitrogens is 1. The van der Waals surface area contributed by atoms with E-state index >= 15 is 0 Å². The van der Waals surface area contributed by atoms with Crippen LogP contribution in [-0.4, -0.2) is 65.4 Å². The Morgan fingerprint density at radius 1 is 1.20 bits per heavy atom. The van der Waals surface area contributed by atoms with Gasteiger partial charge in [0.1, 0.15) is 5.69 Å². The average molecular weight is 412 g/mol. The molecular weight excluding hydrogens is 378 g/mol. The summed E-state index contributed by atoms with van der Waals surface area (Å²) >= 11 is 0. The topological polar surface area (TPSA) is 65.6 Å².